The highest BCUT2D eigenvalue weighted by molar-refractivity contribution is 7.08. The van der Waals surface area contributed by atoms with E-state index in [2.05, 4.69) is 46.8 Å². The molecule has 4 heteroatoms. The quantitative estimate of drug-likeness (QED) is 0.903. The van der Waals surface area contributed by atoms with Crippen molar-refractivity contribution in [1.29, 1.82) is 0 Å². The highest BCUT2D eigenvalue weighted by atomic mass is 32.1. The molecule has 0 amide bonds. The number of aryl methyl sites for hydroxylation is 2. The summed E-state index contributed by atoms with van der Waals surface area (Å²) in [6.07, 6.45) is 0.930. The molecule has 3 nitrogen and oxygen atoms in total. The minimum Gasteiger partial charge on any atom is -0.373 e. The molecule has 1 N–H and O–H groups in total. The molecule has 0 spiro atoms. The lowest BCUT2D eigenvalue weighted by Crippen LogP contribution is -2.04. The van der Waals surface area contributed by atoms with E-state index in [0.29, 0.717) is 0 Å². The van der Waals surface area contributed by atoms with Crippen LogP contribution in [0.1, 0.15) is 23.7 Å². The highest BCUT2D eigenvalue weighted by Gasteiger charge is 2.12. The van der Waals surface area contributed by atoms with Crippen LogP contribution in [0.2, 0.25) is 0 Å². The van der Waals surface area contributed by atoms with Crippen LogP contribution >= 0.6 is 11.3 Å². The van der Waals surface area contributed by atoms with Crippen molar-refractivity contribution >= 4 is 17.2 Å². The summed E-state index contributed by atoms with van der Waals surface area (Å²) in [4.78, 5) is 9.25. The van der Waals surface area contributed by atoms with Gasteiger partial charge in [0.1, 0.15) is 5.82 Å². The second kappa shape index (κ2) is 4.84. The van der Waals surface area contributed by atoms with Crippen molar-refractivity contribution in [1.82, 2.24) is 9.97 Å². The first-order valence-electron chi connectivity index (χ1n) is 5.75. The van der Waals surface area contributed by atoms with Gasteiger partial charge in [-0.2, -0.15) is 11.3 Å². The maximum atomic E-state index is 4.66. The molecule has 2 rings (SSSR count). The van der Waals surface area contributed by atoms with Crippen LogP contribution < -0.4 is 5.32 Å². The predicted molar refractivity (Wildman–Crippen MR) is 73.7 cm³/mol. The summed E-state index contributed by atoms with van der Waals surface area (Å²) < 4.78 is 0. The molecule has 0 bridgehead atoms. The van der Waals surface area contributed by atoms with Gasteiger partial charge in [-0.25, -0.2) is 9.97 Å². The molecular weight excluding hydrogens is 230 g/mol. The third-order valence-corrected chi connectivity index (χ3v) is 3.78. The van der Waals surface area contributed by atoms with Gasteiger partial charge in [0.2, 0.25) is 0 Å². The van der Waals surface area contributed by atoms with Crippen LogP contribution in [0.25, 0.3) is 11.4 Å². The van der Waals surface area contributed by atoms with E-state index in [-0.39, 0.29) is 0 Å². The molecule has 0 unspecified atom stereocenters. The summed E-state index contributed by atoms with van der Waals surface area (Å²) in [6, 6.07) is 0. The van der Waals surface area contributed by atoms with Crippen molar-refractivity contribution in [3.8, 4) is 11.4 Å². The summed E-state index contributed by atoms with van der Waals surface area (Å²) in [7, 11) is 1.90. The molecule has 2 aromatic rings. The smallest absolute Gasteiger partial charge is 0.162 e. The van der Waals surface area contributed by atoms with Gasteiger partial charge < -0.3 is 5.32 Å². The first kappa shape index (κ1) is 12.0. The minimum atomic E-state index is 0.829. The number of aromatic nitrogens is 2. The standard InChI is InChI=1S/C13H17N3S/c1-5-11-9(3)12(14-4)16-13(15-11)10-7-17-6-8(10)2/h6-7H,5H2,1-4H3,(H,14,15,16). The lowest BCUT2D eigenvalue weighted by Gasteiger charge is -2.10. The van der Waals surface area contributed by atoms with Gasteiger partial charge in [0, 0.05) is 29.2 Å². The van der Waals surface area contributed by atoms with Crippen LogP contribution in [0.4, 0.5) is 5.82 Å². The summed E-state index contributed by atoms with van der Waals surface area (Å²) in [5.41, 5.74) is 4.64. The van der Waals surface area contributed by atoms with Crippen molar-refractivity contribution in [3.63, 3.8) is 0 Å². The van der Waals surface area contributed by atoms with Crippen LogP contribution in [-0.4, -0.2) is 17.0 Å². The average Bonchev–Trinajstić information content (AvgIpc) is 2.76. The number of nitrogens with zero attached hydrogens (tertiary/aromatic N) is 2. The molecule has 0 aliphatic carbocycles. The first-order valence-corrected chi connectivity index (χ1v) is 6.70. The van der Waals surface area contributed by atoms with E-state index in [4.69, 9.17) is 0 Å². The molecule has 0 saturated carbocycles. The third-order valence-electron chi connectivity index (χ3n) is 2.91. The molecule has 0 atom stereocenters. The zero-order valence-electron chi connectivity index (χ0n) is 10.7. The van der Waals surface area contributed by atoms with Crippen molar-refractivity contribution in [2.75, 3.05) is 12.4 Å². The number of hydrogen-bond donors (Lipinski definition) is 1. The Morgan fingerprint density at radius 3 is 2.53 bits per heavy atom. The van der Waals surface area contributed by atoms with E-state index < -0.39 is 0 Å². The molecule has 0 fully saturated rings. The second-order valence-electron chi connectivity index (χ2n) is 4.04. The van der Waals surface area contributed by atoms with Crippen LogP contribution in [0.5, 0.6) is 0 Å². The molecule has 2 heterocycles. The van der Waals surface area contributed by atoms with E-state index in [1.807, 2.05) is 7.05 Å². The van der Waals surface area contributed by atoms with Gasteiger partial charge in [-0.1, -0.05) is 6.92 Å². The molecular formula is C13H17N3S. The van der Waals surface area contributed by atoms with Crippen LogP contribution in [-0.2, 0) is 6.42 Å². The first-order chi connectivity index (χ1) is 8.17. The zero-order chi connectivity index (χ0) is 12.4. The Bertz CT molecular complexity index is 506. The number of anilines is 1. The highest BCUT2D eigenvalue weighted by Crippen LogP contribution is 2.27. The van der Waals surface area contributed by atoms with Gasteiger partial charge in [0.25, 0.3) is 0 Å². The fourth-order valence-electron chi connectivity index (χ4n) is 1.86. The van der Waals surface area contributed by atoms with E-state index in [1.165, 1.54) is 5.56 Å². The van der Waals surface area contributed by atoms with Gasteiger partial charge in [-0.05, 0) is 31.2 Å². The van der Waals surface area contributed by atoms with Gasteiger partial charge >= 0.3 is 0 Å². The zero-order valence-corrected chi connectivity index (χ0v) is 11.5. The monoisotopic (exact) mass is 247 g/mol. The van der Waals surface area contributed by atoms with Crippen LogP contribution in [0.15, 0.2) is 10.8 Å². The van der Waals surface area contributed by atoms with Gasteiger partial charge in [0.15, 0.2) is 5.82 Å². The van der Waals surface area contributed by atoms with Crippen molar-refractivity contribution in [2.24, 2.45) is 0 Å². The van der Waals surface area contributed by atoms with Gasteiger partial charge in [-0.3, -0.25) is 0 Å². The number of hydrogen-bond acceptors (Lipinski definition) is 4. The lowest BCUT2D eigenvalue weighted by molar-refractivity contribution is 0.977. The lowest BCUT2D eigenvalue weighted by atomic mass is 10.1. The molecule has 0 aliphatic heterocycles. The SMILES string of the molecule is CCc1nc(-c2cscc2C)nc(NC)c1C. The van der Waals surface area contributed by atoms with Crippen LogP contribution in [0.3, 0.4) is 0 Å². The summed E-state index contributed by atoms with van der Waals surface area (Å²) in [6.45, 7) is 6.29. The minimum absolute atomic E-state index is 0.829. The van der Waals surface area contributed by atoms with E-state index in [9.17, 15) is 0 Å². The second-order valence-corrected chi connectivity index (χ2v) is 4.78. The summed E-state index contributed by atoms with van der Waals surface area (Å²) in [5.74, 6) is 1.76. The molecule has 0 saturated heterocycles. The molecule has 17 heavy (non-hydrogen) atoms. The Hall–Kier alpha value is -1.42. The predicted octanol–water partition coefficient (Wildman–Crippen LogP) is 3.43. The largest absolute Gasteiger partial charge is 0.373 e. The summed E-state index contributed by atoms with van der Waals surface area (Å²) in [5, 5.41) is 7.38. The topological polar surface area (TPSA) is 37.8 Å². The molecule has 0 aliphatic rings. The van der Waals surface area contributed by atoms with Gasteiger partial charge in [-0.15, -0.1) is 0 Å². The Morgan fingerprint density at radius 1 is 1.24 bits per heavy atom. The Kier molecular flexibility index (Phi) is 3.43. The van der Waals surface area contributed by atoms with Crippen molar-refractivity contribution in [2.45, 2.75) is 27.2 Å². The van der Waals surface area contributed by atoms with Crippen molar-refractivity contribution < 1.29 is 0 Å². The fourth-order valence-corrected chi connectivity index (χ4v) is 2.69. The fraction of sp³-hybridized carbons (Fsp3) is 0.385. The Balaban J connectivity index is 2.60. The maximum Gasteiger partial charge on any atom is 0.162 e. The molecule has 90 valence electrons. The normalized spacial score (nSPS) is 10.6. The Morgan fingerprint density at radius 2 is 2.00 bits per heavy atom. The molecule has 0 aromatic carbocycles. The van der Waals surface area contributed by atoms with Gasteiger partial charge in [0.05, 0.1) is 0 Å². The molecule has 0 radical (unpaired) electrons. The molecule has 2 aromatic heterocycles. The average molecular weight is 247 g/mol. The van der Waals surface area contributed by atoms with E-state index in [1.54, 1.807) is 11.3 Å². The maximum absolute atomic E-state index is 4.66. The number of rotatable bonds is 3. The number of nitrogens with one attached hydrogen (secondary N) is 1. The van der Waals surface area contributed by atoms with Crippen molar-refractivity contribution in [3.05, 3.63) is 27.6 Å². The number of thiophene rings is 1. The summed E-state index contributed by atoms with van der Waals surface area (Å²) >= 11 is 1.69. The van der Waals surface area contributed by atoms with E-state index in [0.717, 1.165) is 34.9 Å². The van der Waals surface area contributed by atoms with E-state index >= 15 is 0 Å². The van der Waals surface area contributed by atoms with Crippen LogP contribution in [0, 0.1) is 13.8 Å². The Labute approximate surface area is 106 Å². The third kappa shape index (κ3) is 2.17.